The van der Waals surface area contributed by atoms with Crippen molar-refractivity contribution in [2.24, 2.45) is 0 Å². The summed E-state index contributed by atoms with van der Waals surface area (Å²) in [6.07, 6.45) is 3.11. The second-order valence-electron chi connectivity index (χ2n) is 10.0. The molecule has 0 saturated carbocycles. The van der Waals surface area contributed by atoms with Crippen molar-refractivity contribution in [2.45, 2.75) is 35.1 Å². The Hall–Kier alpha value is -4.46. The number of aromatic carboxylic acids is 1. The van der Waals surface area contributed by atoms with Gasteiger partial charge in [0, 0.05) is 49.7 Å². The zero-order valence-corrected chi connectivity index (χ0v) is 24.8. The third-order valence-corrected chi connectivity index (χ3v) is 7.15. The maximum Gasteiger partial charge on any atom is 0.354 e. The lowest BCUT2D eigenvalue weighted by Crippen LogP contribution is -2.41. The highest BCUT2D eigenvalue weighted by Crippen LogP contribution is 2.25. The van der Waals surface area contributed by atoms with E-state index in [4.69, 9.17) is 14.6 Å². The summed E-state index contributed by atoms with van der Waals surface area (Å²) >= 11 is 0. The number of carboxylic acid groups (broad SMARTS) is 1. The number of carbonyl (C=O) groups excluding carboxylic acids is 3. The van der Waals surface area contributed by atoms with E-state index >= 15 is 0 Å². The highest BCUT2D eigenvalue weighted by atomic mass is 16.5. The van der Waals surface area contributed by atoms with Crippen LogP contribution in [0, 0.1) is 13.8 Å². The van der Waals surface area contributed by atoms with E-state index in [-0.39, 0.29) is 30.6 Å². The number of nitrogens with one attached hydrogen (secondary N) is 1. The first-order valence-corrected chi connectivity index (χ1v) is 14.0. The summed E-state index contributed by atoms with van der Waals surface area (Å²) in [4.78, 5) is 49.0. The van der Waals surface area contributed by atoms with E-state index in [9.17, 15) is 19.2 Å². The molecule has 0 radical (unpaired) electrons. The smallest absolute Gasteiger partial charge is 0.354 e. The van der Waals surface area contributed by atoms with E-state index in [0.29, 0.717) is 65.3 Å². The van der Waals surface area contributed by atoms with E-state index in [1.54, 1.807) is 47.7 Å². The molecule has 13 nitrogen and oxygen atoms in total. The molecular formula is C31H40N6O7. The van der Waals surface area contributed by atoms with Crippen LogP contribution < -0.4 is 5.32 Å². The maximum absolute atomic E-state index is 12.8. The van der Waals surface area contributed by atoms with Gasteiger partial charge in [0.1, 0.15) is 5.69 Å². The first kappa shape index (κ1) is 34.0. The van der Waals surface area contributed by atoms with Crippen LogP contribution in [0.15, 0.2) is 36.7 Å². The molecule has 4 aromatic rings. The molecule has 6 heterocycles. The van der Waals surface area contributed by atoms with Gasteiger partial charge in [-0.1, -0.05) is 7.43 Å². The van der Waals surface area contributed by atoms with Crippen molar-refractivity contribution in [3.05, 3.63) is 70.3 Å². The molecule has 44 heavy (non-hydrogen) atoms. The van der Waals surface area contributed by atoms with Gasteiger partial charge in [-0.15, -0.1) is 0 Å². The quantitative estimate of drug-likeness (QED) is 0.330. The lowest BCUT2D eigenvalue weighted by Gasteiger charge is -2.26. The topological polar surface area (TPSA) is 157 Å². The number of rotatable bonds is 4. The number of hydrogen-bond donors (Lipinski definition) is 2. The van der Waals surface area contributed by atoms with Crippen LogP contribution in [-0.2, 0) is 9.47 Å². The fourth-order valence-corrected chi connectivity index (χ4v) is 5.24. The monoisotopic (exact) mass is 608 g/mol. The zero-order valence-electron chi connectivity index (χ0n) is 24.8. The van der Waals surface area contributed by atoms with E-state index in [1.165, 1.54) is 24.6 Å². The molecule has 4 aromatic heterocycles. The van der Waals surface area contributed by atoms with Crippen LogP contribution in [0.1, 0.15) is 74.1 Å². The molecule has 13 heteroatoms. The lowest BCUT2D eigenvalue weighted by molar-refractivity contribution is 0.0297. The molecule has 0 aromatic carbocycles. The predicted molar refractivity (Wildman–Crippen MR) is 164 cm³/mol. The van der Waals surface area contributed by atoms with Crippen molar-refractivity contribution in [3.8, 4) is 0 Å². The van der Waals surface area contributed by atoms with Gasteiger partial charge in [0.05, 0.1) is 37.5 Å². The van der Waals surface area contributed by atoms with Gasteiger partial charge in [-0.3, -0.25) is 14.4 Å². The normalized spacial score (nSPS) is 14.5. The fourth-order valence-electron chi connectivity index (χ4n) is 5.24. The van der Waals surface area contributed by atoms with Gasteiger partial charge in [0.25, 0.3) is 5.91 Å². The first-order chi connectivity index (χ1) is 20.6. The second-order valence-corrected chi connectivity index (χ2v) is 10.0. The Balaban J connectivity index is 0.000000203. The second kappa shape index (κ2) is 15.3. The SMILES string of the molecule is C.C1COCCN1.CC(=O)c1c(C)c(C(=O)N2CCOCC2)n2ncccc12.CC(=O)c1c(C)c(C(=O)O)n2ncccc12. The summed E-state index contributed by atoms with van der Waals surface area (Å²) in [6, 6.07) is 6.94. The third kappa shape index (κ3) is 7.18. The molecule has 236 valence electrons. The number of carbonyl (C=O) groups is 4. The van der Waals surface area contributed by atoms with Gasteiger partial charge in [-0.2, -0.15) is 10.2 Å². The summed E-state index contributed by atoms with van der Waals surface area (Å²) in [6.45, 7) is 12.4. The van der Waals surface area contributed by atoms with E-state index in [2.05, 4.69) is 15.5 Å². The van der Waals surface area contributed by atoms with Crippen LogP contribution in [-0.4, -0.2) is 105 Å². The molecule has 0 aliphatic carbocycles. The third-order valence-electron chi connectivity index (χ3n) is 7.15. The van der Waals surface area contributed by atoms with E-state index < -0.39 is 5.97 Å². The van der Waals surface area contributed by atoms with Crippen molar-refractivity contribution >= 4 is 34.5 Å². The van der Waals surface area contributed by atoms with E-state index in [0.717, 1.165) is 26.3 Å². The minimum atomic E-state index is -1.08. The number of morpholine rings is 2. The largest absolute Gasteiger partial charge is 0.477 e. The molecule has 2 fully saturated rings. The molecule has 0 atom stereocenters. The van der Waals surface area contributed by atoms with Crippen molar-refractivity contribution in [1.82, 2.24) is 29.4 Å². The van der Waals surface area contributed by atoms with Crippen molar-refractivity contribution in [3.63, 3.8) is 0 Å². The van der Waals surface area contributed by atoms with Crippen LogP contribution in [0.5, 0.6) is 0 Å². The van der Waals surface area contributed by atoms with Crippen LogP contribution in [0.2, 0.25) is 0 Å². The van der Waals surface area contributed by atoms with Crippen LogP contribution in [0.25, 0.3) is 11.0 Å². The average molecular weight is 609 g/mol. The number of ketones is 2. The minimum absolute atomic E-state index is 0. The van der Waals surface area contributed by atoms with Gasteiger partial charge in [-0.05, 0) is 63.1 Å². The molecular weight excluding hydrogens is 568 g/mol. The lowest BCUT2D eigenvalue weighted by atomic mass is 10.1. The maximum atomic E-state index is 12.8. The molecule has 2 saturated heterocycles. The molecule has 0 spiro atoms. The predicted octanol–water partition coefficient (Wildman–Crippen LogP) is 3.10. The van der Waals surface area contributed by atoms with Crippen LogP contribution in [0.3, 0.4) is 0 Å². The molecule has 2 N–H and O–H groups in total. The van der Waals surface area contributed by atoms with Crippen molar-refractivity contribution < 1.29 is 33.8 Å². The van der Waals surface area contributed by atoms with Gasteiger partial charge in [-0.25, -0.2) is 13.8 Å². The highest BCUT2D eigenvalue weighted by Gasteiger charge is 2.28. The Bertz CT molecular complexity index is 1590. The number of ether oxygens (including phenoxy) is 2. The Morgan fingerprint density at radius 1 is 0.773 bits per heavy atom. The number of nitrogens with zero attached hydrogens (tertiary/aromatic N) is 5. The van der Waals surface area contributed by atoms with Crippen molar-refractivity contribution in [1.29, 1.82) is 0 Å². The standard InChI is InChI=1S/C15H17N3O3.C11H10N2O3.C4H9NO.CH4/c1-10-13(11(2)19)12-4-3-5-16-18(12)14(10)15(20)17-6-8-21-9-7-17;1-6-9(7(2)14)8-4-3-5-12-13(8)10(6)11(15)16;1-3-6-4-2-5-1;/h3-5H,6-9H2,1-2H3;3-5H,1-2H3,(H,15,16);5H,1-4H2;1H4. The zero-order chi connectivity index (χ0) is 31.1. The molecule has 0 unspecified atom stereocenters. The average Bonchev–Trinajstić information content (AvgIpc) is 3.48. The summed E-state index contributed by atoms with van der Waals surface area (Å²) < 4.78 is 13.1. The summed E-state index contributed by atoms with van der Waals surface area (Å²) in [5.74, 6) is -1.40. The van der Waals surface area contributed by atoms with Crippen LogP contribution in [0.4, 0.5) is 0 Å². The summed E-state index contributed by atoms with van der Waals surface area (Å²) in [5, 5.41) is 20.4. The van der Waals surface area contributed by atoms with Crippen LogP contribution >= 0.6 is 0 Å². The van der Waals surface area contributed by atoms with E-state index in [1.807, 2.05) is 6.07 Å². The van der Waals surface area contributed by atoms with Gasteiger partial charge in [0.2, 0.25) is 0 Å². The Kier molecular flexibility index (Phi) is 11.9. The number of hydrogen-bond acceptors (Lipinski definition) is 9. The fraction of sp³-hybridized carbons (Fsp3) is 0.419. The van der Waals surface area contributed by atoms with Gasteiger partial charge in [0.15, 0.2) is 17.3 Å². The number of fused-ring (bicyclic) bond motifs is 2. The Labute approximate surface area is 255 Å². The van der Waals surface area contributed by atoms with Gasteiger partial charge >= 0.3 is 5.97 Å². The minimum Gasteiger partial charge on any atom is -0.477 e. The summed E-state index contributed by atoms with van der Waals surface area (Å²) in [7, 11) is 0. The molecule has 0 bridgehead atoms. The Morgan fingerprint density at radius 3 is 1.64 bits per heavy atom. The Morgan fingerprint density at radius 2 is 1.23 bits per heavy atom. The molecule has 1 amide bonds. The number of Topliss-reactive ketones (excluding diaryl/α,β-unsaturated/α-hetero) is 2. The number of amides is 1. The number of aromatic nitrogens is 4. The van der Waals surface area contributed by atoms with Crippen molar-refractivity contribution in [2.75, 3.05) is 52.6 Å². The highest BCUT2D eigenvalue weighted by molar-refractivity contribution is 6.07. The molecule has 6 rings (SSSR count). The summed E-state index contributed by atoms with van der Waals surface area (Å²) in [5.41, 5.74) is 3.86. The first-order valence-electron chi connectivity index (χ1n) is 14.0. The molecule has 2 aliphatic heterocycles. The van der Waals surface area contributed by atoms with Gasteiger partial charge < -0.3 is 24.8 Å². The molecule has 2 aliphatic rings. The number of carboxylic acids is 1.